The number of rotatable bonds is 3. The molecule has 114 valence electrons. The molecule has 1 aliphatic rings. The Labute approximate surface area is 115 Å². The summed E-state index contributed by atoms with van der Waals surface area (Å²) < 4.78 is 4.90. The second-order valence-corrected chi connectivity index (χ2v) is 5.47. The van der Waals surface area contributed by atoms with E-state index in [0.29, 0.717) is 0 Å². The van der Waals surface area contributed by atoms with E-state index in [4.69, 9.17) is 9.84 Å². The zero-order valence-corrected chi connectivity index (χ0v) is 11.4. The number of hydroxylamine groups is 2. The van der Waals surface area contributed by atoms with Crippen molar-refractivity contribution in [2.24, 2.45) is 5.92 Å². The quantitative estimate of drug-likeness (QED) is 0.515. The van der Waals surface area contributed by atoms with Crippen molar-refractivity contribution < 1.29 is 34.5 Å². The summed E-state index contributed by atoms with van der Waals surface area (Å²) in [6.45, 7) is 4.80. The van der Waals surface area contributed by atoms with E-state index in [-0.39, 0.29) is 11.5 Å². The van der Waals surface area contributed by atoms with Crippen LogP contribution in [0.4, 0.5) is 4.79 Å². The fourth-order valence-electron chi connectivity index (χ4n) is 1.79. The monoisotopic (exact) mass is 290 g/mol. The van der Waals surface area contributed by atoms with Crippen molar-refractivity contribution in [1.29, 1.82) is 0 Å². The summed E-state index contributed by atoms with van der Waals surface area (Å²) in [4.78, 5) is 34.3. The van der Waals surface area contributed by atoms with Crippen molar-refractivity contribution in [3.8, 4) is 0 Å². The summed E-state index contributed by atoms with van der Waals surface area (Å²) in [5, 5.41) is 29.7. The molecular formula is C11H18N2O7. The van der Waals surface area contributed by atoms with E-state index in [1.807, 2.05) is 0 Å². The van der Waals surface area contributed by atoms with Crippen molar-refractivity contribution in [3.63, 3.8) is 0 Å². The first-order chi connectivity index (χ1) is 9.03. The fourth-order valence-corrected chi connectivity index (χ4v) is 1.79. The number of carboxylic acids is 1. The van der Waals surface area contributed by atoms with Crippen LogP contribution < -0.4 is 5.32 Å². The van der Waals surface area contributed by atoms with Crippen LogP contribution in [-0.2, 0) is 14.3 Å². The number of carbonyl (C=O) groups is 3. The van der Waals surface area contributed by atoms with Crippen LogP contribution in [0.1, 0.15) is 27.2 Å². The van der Waals surface area contributed by atoms with Gasteiger partial charge in [0.1, 0.15) is 11.6 Å². The summed E-state index contributed by atoms with van der Waals surface area (Å²) in [5.74, 6) is -3.70. The van der Waals surface area contributed by atoms with Gasteiger partial charge < -0.3 is 20.3 Å². The summed E-state index contributed by atoms with van der Waals surface area (Å²) in [6.07, 6.45) is -2.79. The highest BCUT2D eigenvalue weighted by Gasteiger charge is 2.46. The predicted octanol–water partition coefficient (Wildman–Crippen LogP) is -0.480. The number of amides is 2. The minimum Gasteiger partial charge on any atom is -0.480 e. The minimum atomic E-state index is -1.59. The molecule has 1 fully saturated rings. The van der Waals surface area contributed by atoms with Crippen molar-refractivity contribution >= 4 is 18.0 Å². The Balaban J connectivity index is 2.79. The molecule has 2 amide bonds. The van der Waals surface area contributed by atoms with E-state index in [9.17, 15) is 24.7 Å². The first kappa shape index (κ1) is 16.2. The van der Waals surface area contributed by atoms with Crippen LogP contribution in [0.15, 0.2) is 0 Å². The Kier molecular flexibility index (Phi) is 4.56. The van der Waals surface area contributed by atoms with E-state index in [2.05, 4.69) is 5.32 Å². The first-order valence-corrected chi connectivity index (χ1v) is 5.95. The van der Waals surface area contributed by atoms with Crippen LogP contribution >= 0.6 is 0 Å². The molecule has 1 aliphatic heterocycles. The molecule has 3 unspecified atom stereocenters. The molecule has 1 heterocycles. The molecule has 0 aromatic carbocycles. The molecule has 0 aromatic rings. The number of hydrogen-bond donors (Lipinski definition) is 4. The van der Waals surface area contributed by atoms with E-state index in [1.165, 1.54) is 0 Å². The maximum atomic E-state index is 11.6. The average Bonchev–Trinajstić information content (AvgIpc) is 2.51. The summed E-state index contributed by atoms with van der Waals surface area (Å²) in [5.41, 5.74) is -0.824. The van der Waals surface area contributed by atoms with Gasteiger partial charge in [0.25, 0.3) is 5.91 Å². The number of alkyl carbamates (subject to hydrolysis) is 1. The number of hydrogen-bond acceptors (Lipinski definition) is 6. The smallest absolute Gasteiger partial charge is 0.408 e. The lowest BCUT2D eigenvalue weighted by Gasteiger charge is -2.23. The molecule has 1 rings (SSSR count). The lowest BCUT2D eigenvalue weighted by molar-refractivity contribution is -0.191. The molecule has 0 spiro atoms. The second kappa shape index (κ2) is 5.63. The Bertz CT molecular complexity index is 417. The molecule has 3 atom stereocenters. The van der Waals surface area contributed by atoms with E-state index in [1.54, 1.807) is 20.8 Å². The van der Waals surface area contributed by atoms with E-state index in [0.717, 1.165) is 0 Å². The maximum Gasteiger partial charge on any atom is 0.408 e. The standard InChI is InChI=1S/C11H18N2O7/c1-11(2,3)20-10(18)12-7(9(16)17)5-4-6(14)13(19)8(5)15/h5-7,14,19H,4H2,1-3H3,(H,12,18)(H,16,17). The maximum absolute atomic E-state index is 11.6. The Hall–Kier alpha value is -1.87. The Morgan fingerprint density at radius 1 is 1.45 bits per heavy atom. The van der Waals surface area contributed by atoms with Crippen LogP contribution in [0.3, 0.4) is 0 Å². The van der Waals surface area contributed by atoms with Crippen molar-refractivity contribution in [2.75, 3.05) is 0 Å². The second-order valence-electron chi connectivity index (χ2n) is 5.47. The number of carbonyl (C=O) groups excluding carboxylic acids is 2. The van der Waals surface area contributed by atoms with Gasteiger partial charge in [0.15, 0.2) is 6.23 Å². The molecule has 0 bridgehead atoms. The van der Waals surface area contributed by atoms with Gasteiger partial charge in [-0.25, -0.2) is 9.59 Å². The number of aliphatic hydroxyl groups excluding tert-OH is 1. The topological polar surface area (TPSA) is 136 Å². The molecule has 4 N–H and O–H groups in total. The number of aliphatic carboxylic acids is 1. The third kappa shape index (κ3) is 3.81. The van der Waals surface area contributed by atoms with Gasteiger partial charge in [-0.1, -0.05) is 0 Å². The molecule has 0 aromatic heterocycles. The van der Waals surface area contributed by atoms with Crippen molar-refractivity contribution in [3.05, 3.63) is 0 Å². The molecule has 20 heavy (non-hydrogen) atoms. The molecule has 9 heteroatoms. The van der Waals surface area contributed by atoms with Crippen LogP contribution in [0.5, 0.6) is 0 Å². The Morgan fingerprint density at radius 3 is 2.35 bits per heavy atom. The van der Waals surface area contributed by atoms with Crippen LogP contribution in [0.25, 0.3) is 0 Å². The molecular weight excluding hydrogens is 272 g/mol. The van der Waals surface area contributed by atoms with Gasteiger partial charge in [-0.15, -0.1) is 0 Å². The number of aliphatic hydroxyl groups is 1. The van der Waals surface area contributed by atoms with Gasteiger partial charge in [-0.3, -0.25) is 10.0 Å². The van der Waals surface area contributed by atoms with Crippen LogP contribution in [-0.4, -0.2) is 56.3 Å². The molecule has 1 saturated heterocycles. The van der Waals surface area contributed by atoms with Gasteiger partial charge in [-0.05, 0) is 20.8 Å². The number of nitrogens with zero attached hydrogens (tertiary/aromatic N) is 1. The van der Waals surface area contributed by atoms with Gasteiger partial charge >= 0.3 is 12.1 Å². The summed E-state index contributed by atoms with van der Waals surface area (Å²) in [7, 11) is 0. The van der Waals surface area contributed by atoms with Gasteiger partial charge in [0.05, 0.1) is 5.92 Å². The molecule has 0 radical (unpaired) electrons. The minimum absolute atomic E-state index is 0.0530. The van der Waals surface area contributed by atoms with Gasteiger partial charge in [0.2, 0.25) is 0 Å². The number of ether oxygens (including phenoxy) is 1. The molecule has 9 nitrogen and oxygen atoms in total. The average molecular weight is 290 g/mol. The van der Waals surface area contributed by atoms with E-state index < -0.39 is 41.8 Å². The largest absolute Gasteiger partial charge is 0.480 e. The van der Waals surface area contributed by atoms with Crippen molar-refractivity contribution in [1.82, 2.24) is 10.4 Å². The lowest BCUT2D eigenvalue weighted by atomic mass is 9.98. The highest BCUT2D eigenvalue weighted by Crippen LogP contribution is 2.25. The van der Waals surface area contributed by atoms with E-state index >= 15 is 0 Å². The van der Waals surface area contributed by atoms with Crippen LogP contribution in [0, 0.1) is 5.92 Å². The number of nitrogens with one attached hydrogen (secondary N) is 1. The summed E-state index contributed by atoms with van der Waals surface area (Å²) >= 11 is 0. The Morgan fingerprint density at radius 2 is 2.00 bits per heavy atom. The number of carboxylic acid groups (broad SMARTS) is 1. The third-order valence-electron chi connectivity index (χ3n) is 2.63. The fraction of sp³-hybridized carbons (Fsp3) is 0.727. The molecule has 0 aliphatic carbocycles. The molecule has 0 saturated carbocycles. The zero-order chi connectivity index (χ0) is 15.7. The highest BCUT2D eigenvalue weighted by molar-refractivity contribution is 5.89. The lowest BCUT2D eigenvalue weighted by Crippen LogP contribution is -2.49. The van der Waals surface area contributed by atoms with Gasteiger partial charge in [0, 0.05) is 6.42 Å². The zero-order valence-electron chi connectivity index (χ0n) is 11.4. The first-order valence-electron chi connectivity index (χ1n) is 5.95. The normalized spacial score (nSPS) is 24.4. The third-order valence-corrected chi connectivity index (χ3v) is 2.63. The SMILES string of the molecule is CC(C)(C)OC(=O)NC(C(=O)O)C1CC(O)N(O)C1=O. The van der Waals surface area contributed by atoms with Gasteiger partial charge in [-0.2, -0.15) is 5.06 Å². The summed E-state index contributed by atoms with van der Waals surface area (Å²) in [6, 6.07) is -1.59. The highest BCUT2D eigenvalue weighted by atomic mass is 16.6. The predicted molar refractivity (Wildman–Crippen MR) is 63.5 cm³/mol. The van der Waals surface area contributed by atoms with Crippen LogP contribution in [0.2, 0.25) is 0 Å². The van der Waals surface area contributed by atoms with Crippen molar-refractivity contribution in [2.45, 2.75) is 45.1 Å².